The molecule has 0 bridgehead atoms. The molecule has 2 aromatic heterocycles. The van der Waals surface area contributed by atoms with Gasteiger partial charge in [-0.1, -0.05) is 0 Å². The fraction of sp³-hybridized carbons (Fsp3) is 0.300. The first-order chi connectivity index (χ1) is 8.47. The Kier molecular flexibility index (Phi) is 2.70. The van der Waals surface area contributed by atoms with Gasteiger partial charge in [-0.25, -0.2) is 19.6 Å². The van der Waals surface area contributed by atoms with E-state index in [1.807, 2.05) is 0 Å². The minimum atomic E-state index is -0.694. The van der Waals surface area contributed by atoms with Gasteiger partial charge in [0.1, 0.15) is 0 Å². The molecule has 0 amide bonds. The summed E-state index contributed by atoms with van der Waals surface area (Å²) in [6, 6.07) is 0. The highest BCUT2D eigenvalue weighted by molar-refractivity contribution is 5.88. The maximum atomic E-state index is 11.9. The van der Waals surface area contributed by atoms with Crippen LogP contribution in [0.2, 0.25) is 0 Å². The fourth-order valence-corrected chi connectivity index (χ4v) is 1.54. The number of aromatic nitrogens is 4. The fourth-order valence-electron chi connectivity index (χ4n) is 1.54. The Labute approximate surface area is 100 Å². The minimum Gasteiger partial charge on any atom is -0.464 e. The molecule has 0 aromatic carbocycles. The van der Waals surface area contributed by atoms with Crippen molar-refractivity contribution >= 4 is 17.1 Å². The topological polar surface area (TPSA) is 96.1 Å². The number of aryl methyl sites for hydroxylation is 1. The highest BCUT2D eigenvalue weighted by Crippen LogP contribution is 2.03. The largest absolute Gasteiger partial charge is 0.464 e. The predicted molar refractivity (Wildman–Crippen MR) is 61.4 cm³/mol. The number of hydrogen-bond acceptors (Lipinski definition) is 6. The average Bonchev–Trinajstić information content (AvgIpc) is 2.41. The molecule has 8 heteroatoms. The van der Waals surface area contributed by atoms with Gasteiger partial charge < -0.3 is 4.74 Å². The zero-order valence-electron chi connectivity index (χ0n) is 10.00. The van der Waals surface area contributed by atoms with Gasteiger partial charge in [-0.3, -0.25) is 13.9 Å². The van der Waals surface area contributed by atoms with Crippen LogP contribution >= 0.6 is 0 Å². The van der Waals surface area contributed by atoms with Crippen molar-refractivity contribution in [3.05, 3.63) is 32.7 Å². The molecule has 0 fully saturated rings. The summed E-state index contributed by atoms with van der Waals surface area (Å²) in [6.45, 7) is 0. The van der Waals surface area contributed by atoms with Crippen LogP contribution in [0.3, 0.4) is 0 Å². The van der Waals surface area contributed by atoms with Crippen LogP contribution in [0.25, 0.3) is 11.2 Å². The van der Waals surface area contributed by atoms with Crippen molar-refractivity contribution in [1.82, 2.24) is 19.1 Å². The maximum Gasteiger partial charge on any atom is 0.358 e. The normalized spacial score (nSPS) is 10.6. The number of nitrogens with zero attached hydrogens (tertiary/aromatic N) is 4. The predicted octanol–water partition coefficient (Wildman–Crippen LogP) is -1.19. The number of methoxy groups -OCH3 is 1. The highest BCUT2D eigenvalue weighted by Gasteiger charge is 2.14. The zero-order chi connectivity index (χ0) is 13.4. The van der Waals surface area contributed by atoms with E-state index in [1.165, 1.54) is 25.8 Å². The lowest BCUT2D eigenvalue weighted by Crippen LogP contribution is -2.38. The molecule has 0 aliphatic rings. The maximum absolute atomic E-state index is 11.9. The number of ether oxygens (including phenoxy) is 1. The van der Waals surface area contributed by atoms with E-state index >= 15 is 0 Å². The van der Waals surface area contributed by atoms with Gasteiger partial charge in [-0.05, 0) is 0 Å². The lowest BCUT2D eigenvalue weighted by molar-refractivity contribution is 0.0594. The molecule has 2 rings (SSSR count). The quantitative estimate of drug-likeness (QED) is 0.591. The third-order valence-electron chi connectivity index (χ3n) is 2.55. The van der Waals surface area contributed by atoms with Crippen LogP contribution in [0.4, 0.5) is 0 Å². The third kappa shape index (κ3) is 1.58. The summed E-state index contributed by atoms with van der Waals surface area (Å²) in [6.07, 6.45) is 1.16. The van der Waals surface area contributed by atoms with Crippen LogP contribution in [0.5, 0.6) is 0 Å². The van der Waals surface area contributed by atoms with Crippen LogP contribution in [0.15, 0.2) is 15.8 Å². The van der Waals surface area contributed by atoms with Gasteiger partial charge in [0.15, 0.2) is 16.9 Å². The van der Waals surface area contributed by atoms with Crippen LogP contribution in [-0.4, -0.2) is 32.2 Å². The molecule has 2 heterocycles. The second kappa shape index (κ2) is 4.06. The lowest BCUT2D eigenvalue weighted by atomic mass is 10.4. The first-order valence-corrected chi connectivity index (χ1v) is 4.98. The van der Waals surface area contributed by atoms with Crippen molar-refractivity contribution in [1.29, 1.82) is 0 Å². The standard InChI is InChI=1S/C10H10N4O4/c1-13-7-6(8(15)14(2)10(13)17)12-5(4-11-7)9(16)18-3/h4H,1-3H3. The summed E-state index contributed by atoms with van der Waals surface area (Å²) < 4.78 is 6.58. The van der Waals surface area contributed by atoms with E-state index in [0.717, 1.165) is 10.8 Å². The Morgan fingerprint density at radius 3 is 2.56 bits per heavy atom. The number of carbonyl (C=O) groups is 1. The second-order valence-corrected chi connectivity index (χ2v) is 3.62. The molecular formula is C10H10N4O4. The van der Waals surface area contributed by atoms with Crippen LogP contribution in [0, 0.1) is 0 Å². The van der Waals surface area contributed by atoms with Crippen molar-refractivity contribution in [3.8, 4) is 0 Å². The molecule has 18 heavy (non-hydrogen) atoms. The molecule has 0 aliphatic carbocycles. The van der Waals surface area contributed by atoms with E-state index in [1.54, 1.807) is 0 Å². The molecular weight excluding hydrogens is 240 g/mol. The molecule has 0 N–H and O–H groups in total. The van der Waals surface area contributed by atoms with E-state index in [9.17, 15) is 14.4 Å². The van der Waals surface area contributed by atoms with Crippen LogP contribution < -0.4 is 11.2 Å². The molecule has 8 nitrogen and oxygen atoms in total. The molecule has 2 aromatic rings. The van der Waals surface area contributed by atoms with Crippen molar-refractivity contribution in [3.63, 3.8) is 0 Å². The monoisotopic (exact) mass is 250 g/mol. The molecule has 0 atom stereocenters. The number of carbonyl (C=O) groups excluding carboxylic acids is 1. The Morgan fingerprint density at radius 2 is 1.94 bits per heavy atom. The summed E-state index contributed by atoms with van der Waals surface area (Å²) in [5.41, 5.74) is -1.13. The van der Waals surface area contributed by atoms with Crippen molar-refractivity contribution in [2.24, 2.45) is 14.1 Å². The van der Waals surface area contributed by atoms with Gasteiger partial charge >= 0.3 is 11.7 Å². The average molecular weight is 250 g/mol. The van der Waals surface area contributed by atoms with Gasteiger partial charge in [0.05, 0.1) is 13.3 Å². The van der Waals surface area contributed by atoms with Crippen LogP contribution in [-0.2, 0) is 18.8 Å². The van der Waals surface area contributed by atoms with E-state index < -0.39 is 17.2 Å². The summed E-state index contributed by atoms with van der Waals surface area (Å²) in [5, 5.41) is 0. The number of hydrogen-bond donors (Lipinski definition) is 0. The molecule has 0 saturated carbocycles. The first kappa shape index (κ1) is 12.0. The number of fused-ring (bicyclic) bond motifs is 1. The molecule has 94 valence electrons. The smallest absolute Gasteiger partial charge is 0.358 e. The number of esters is 1. The molecule has 0 unspecified atom stereocenters. The van der Waals surface area contributed by atoms with E-state index in [4.69, 9.17) is 0 Å². The van der Waals surface area contributed by atoms with Crippen LogP contribution in [0.1, 0.15) is 10.5 Å². The van der Waals surface area contributed by atoms with Gasteiger partial charge in [-0.2, -0.15) is 0 Å². The summed E-state index contributed by atoms with van der Waals surface area (Å²) >= 11 is 0. The van der Waals surface area contributed by atoms with Gasteiger partial charge in [0, 0.05) is 14.1 Å². The Bertz CT molecular complexity index is 759. The summed E-state index contributed by atoms with van der Waals surface area (Å²) in [4.78, 5) is 42.6. The Balaban J connectivity index is 2.91. The van der Waals surface area contributed by atoms with Gasteiger partial charge in [0.2, 0.25) is 0 Å². The van der Waals surface area contributed by atoms with Crippen molar-refractivity contribution in [2.75, 3.05) is 7.11 Å². The second-order valence-electron chi connectivity index (χ2n) is 3.62. The summed E-state index contributed by atoms with van der Waals surface area (Å²) in [5.74, 6) is -0.694. The zero-order valence-corrected chi connectivity index (χ0v) is 10.00. The highest BCUT2D eigenvalue weighted by atomic mass is 16.5. The minimum absolute atomic E-state index is 0.0532. The SMILES string of the molecule is COC(=O)c1cnc2c(n1)c(=O)n(C)c(=O)n2C. The van der Waals surface area contributed by atoms with E-state index in [-0.39, 0.29) is 16.9 Å². The molecule has 0 aliphatic heterocycles. The molecule has 0 saturated heterocycles. The van der Waals surface area contributed by atoms with Crippen molar-refractivity contribution < 1.29 is 9.53 Å². The Hall–Kier alpha value is -2.51. The van der Waals surface area contributed by atoms with E-state index in [2.05, 4.69) is 14.7 Å². The van der Waals surface area contributed by atoms with E-state index in [0.29, 0.717) is 0 Å². The molecule has 0 spiro atoms. The summed E-state index contributed by atoms with van der Waals surface area (Å²) in [7, 11) is 4.00. The molecule has 0 radical (unpaired) electrons. The van der Waals surface area contributed by atoms with Crippen molar-refractivity contribution in [2.45, 2.75) is 0 Å². The van der Waals surface area contributed by atoms with Gasteiger partial charge in [-0.15, -0.1) is 0 Å². The first-order valence-electron chi connectivity index (χ1n) is 4.98. The Morgan fingerprint density at radius 1 is 1.28 bits per heavy atom. The lowest BCUT2D eigenvalue weighted by Gasteiger charge is -2.06. The number of rotatable bonds is 1. The van der Waals surface area contributed by atoms with Gasteiger partial charge in [0.25, 0.3) is 5.56 Å². The third-order valence-corrected chi connectivity index (χ3v) is 2.55.